The van der Waals surface area contributed by atoms with E-state index in [1.165, 1.54) is 315 Å². The largest absolute Gasteiger partial charge is 0.463 e. The van der Waals surface area contributed by atoms with Gasteiger partial charge in [-0.15, -0.1) is 0 Å². The van der Waals surface area contributed by atoms with Crippen molar-refractivity contribution in [3.05, 3.63) is 0 Å². The zero-order chi connectivity index (χ0) is 64.4. The number of aliphatic hydroxyl groups is 2. The Morgan fingerprint density at radius 2 is 0.398 bits per heavy atom. The lowest BCUT2D eigenvalue weighted by atomic mass is 10.0. The molecular formula is C78H152O10. The van der Waals surface area contributed by atoms with E-state index < -0.39 is 12.2 Å². The fraction of sp³-hybridized carbons (Fsp3) is 0.949. The lowest BCUT2D eigenvalue weighted by Gasteiger charge is -2.18. The van der Waals surface area contributed by atoms with Crippen LogP contribution in [0.1, 0.15) is 439 Å². The molecule has 0 radical (unpaired) electrons. The summed E-state index contributed by atoms with van der Waals surface area (Å²) in [4.78, 5) is 49.5. The number of carbonyl (C=O) groups excluding carboxylic acids is 4. The minimum atomic E-state index is -0.954. The molecule has 0 saturated heterocycles. The minimum Gasteiger partial charge on any atom is -0.463 e. The second-order valence-corrected chi connectivity index (χ2v) is 26.8. The van der Waals surface area contributed by atoms with Crippen molar-refractivity contribution in [3.8, 4) is 0 Å². The molecule has 0 heterocycles. The van der Waals surface area contributed by atoms with Gasteiger partial charge in [0.2, 0.25) is 0 Å². The Morgan fingerprint density at radius 3 is 0.580 bits per heavy atom. The number of hydrogen-bond donors (Lipinski definition) is 2. The molecule has 10 nitrogen and oxygen atoms in total. The predicted molar refractivity (Wildman–Crippen MR) is 374 cm³/mol. The van der Waals surface area contributed by atoms with Gasteiger partial charge in [0.25, 0.3) is 0 Å². The monoisotopic (exact) mass is 1250 g/mol. The molecule has 0 aromatic heterocycles. The Bertz CT molecular complexity index is 1340. The van der Waals surface area contributed by atoms with Crippen molar-refractivity contribution >= 4 is 23.9 Å². The second-order valence-electron chi connectivity index (χ2n) is 26.8. The van der Waals surface area contributed by atoms with Crippen molar-refractivity contribution < 1.29 is 48.3 Å². The number of esters is 4. The maximum absolute atomic E-state index is 12.8. The summed E-state index contributed by atoms with van der Waals surface area (Å²) in [5.74, 6) is -1.11. The van der Waals surface area contributed by atoms with Gasteiger partial charge in [-0.3, -0.25) is 19.2 Å². The summed E-state index contributed by atoms with van der Waals surface area (Å²) in [5, 5.41) is 17.7. The van der Waals surface area contributed by atoms with Gasteiger partial charge in [-0.1, -0.05) is 387 Å². The Kier molecular flexibility index (Phi) is 77.1. The van der Waals surface area contributed by atoms with Crippen molar-refractivity contribution in [2.45, 2.75) is 451 Å². The molecule has 0 bridgehead atoms. The van der Waals surface area contributed by atoms with Gasteiger partial charge < -0.3 is 29.2 Å². The van der Waals surface area contributed by atoms with Gasteiger partial charge >= 0.3 is 23.9 Å². The van der Waals surface area contributed by atoms with Crippen LogP contribution in [0.5, 0.6) is 0 Å². The number of hydrogen-bond acceptors (Lipinski definition) is 10. The van der Waals surface area contributed by atoms with Crippen LogP contribution in [0.4, 0.5) is 0 Å². The van der Waals surface area contributed by atoms with Gasteiger partial charge in [0.1, 0.15) is 25.9 Å². The molecule has 524 valence electrons. The fourth-order valence-corrected chi connectivity index (χ4v) is 11.8. The third-order valence-electron chi connectivity index (χ3n) is 17.7. The lowest BCUT2D eigenvalue weighted by molar-refractivity contribution is -0.167. The molecule has 0 aromatic rings. The fourth-order valence-electron chi connectivity index (χ4n) is 11.8. The summed E-state index contributed by atoms with van der Waals surface area (Å²) in [6.07, 6.45) is 77.0. The highest BCUT2D eigenvalue weighted by molar-refractivity contribution is 5.71. The highest BCUT2D eigenvalue weighted by Crippen LogP contribution is 2.19. The average Bonchev–Trinajstić information content (AvgIpc) is 3.54. The van der Waals surface area contributed by atoms with Crippen LogP contribution in [0.2, 0.25) is 0 Å². The lowest BCUT2D eigenvalue weighted by Crippen LogP contribution is -2.30. The quantitative estimate of drug-likeness (QED) is 0.0343. The van der Waals surface area contributed by atoms with Crippen LogP contribution in [0.15, 0.2) is 0 Å². The third kappa shape index (κ3) is 76.3. The zero-order valence-electron chi connectivity index (χ0n) is 59.4. The molecule has 88 heavy (non-hydrogen) atoms. The third-order valence-corrected chi connectivity index (χ3v) is 17.7. The molecule has 1 atom stereocenters. The van der Waals surface area contributed by atoms with Crippen LogP contribution in [0, 0.1) is 0 Å². The molecule has 1 unspecified atom stereocenters. The maximum atomic E-state index is 12.8. The molecule has 0 rings (SSSR count). The van der Waals surface area contributed by atoms with E-state index >= 15 is 0 Å². The normalized spacial score (nSPS) is 11.7. The molecule has 0 amide bonds. The number of ether oxygens (including phenoxy) is 4. The van der Waals surface area contributed by atoms with Crippen molar-refractivity contribution in [2.75, 3.05) is 26.4 Å². The smallest absolute Gasteiger partial charge is 0.306 e. The summed E-state index contributed by atoms with van der Waals surface area (Å²) < 4.78 is 21.7. The van der Waals surface area contributed by atoms with Crippen molar-refractivity contribution in [3.63, 3.8) is 0 Å². The molecule has 0 aliphatic rings. The first kappa shape index (κ1) is 87.9. The van der Waals surface area contributed by atoms with Gasteiger partial charge in [0, 0.05) is 25.7 Å². The van der Waals surface area contributed by atoms with Crippen molar-refractivity contribution in [2.24, 2.45) is 0 Å². The molecule has 10 heteroatoms. The van der Waals surface area contributed by atoms with Crippen LogP contribution in [0.3, 0.4) is 0 Å². The highest BCUT2D eigenvalue weighted by atomic mass is 16.6. The van der Waals surface area contributed by atoms with Crippen LogP contribution in [-0.4, -0.2) is 72.7 Å². The van der Waals surface area contributed by atoms with Crippen molar-refractivity contribution in [1.29, 1.82) is 0 Å². The van der Waals surface area contributed by atoms with Gasteiger partial charge in [-0.05, 0) is 25.7 Å². The van der Waals surface area contributed by atoms with Crippen LogP contribution in [0.25, 0.3) is 0 Å². The van der Waals surface area contributed by atoms with Crippen molar-refractivity contribution in [1.82, 2.24) is 0 Å². The van der Waals surface area contributed by atoms with Crippen LogP contribution >= 0.6 is 0 Å². The molecule has 2 N–H and O–H groups in total. The first-order valence-corrected chi connectivity index (χ1v) is 39.2. The number of unbranched alkanes of at least 4 members (excludes halogenated alkanes) is 56. The van der Waals surface area contributed by atoms with E-state index in [2.05, 4.69) is 27.7 Å². The molecule has 0 spiro atoms. The van der Waals surface area contributed by atoms with Gasteiger partial charge in [0.05, 0.1) is 6.61 Å². The standard InChI is InChI=1S/C57H110O6.C21H42O4/c1-4-7-10-13-16-19-22-25-28-31-34-37-40-43-46-49-55(58)61-52-54(63-57(60)51-48-45-42-39-36-33-30-27-24-21-18-15-12-9-6-3)53-62-56(59)50-47-44-41-38-35-32-29-26-23-20-17-14-11-8-5-2;1-2-3-4-5-6-7-8-9-10-11-12-13-14-15-16-17-21(24)25-19-20(23)18-22/h54H,4-53H2,1-3H3;20,22-23H,2-19H2,1H3. The molecule has 0 aliphatic heterocycles. The highest BCUT2D eigenvalue weighted by Gasteiger charge is 2.20. The second kappa shape index (κ2) is 77.2. The summed E-state index contributed by atoms with van der Waals surface area (Å²) in [7, 11) is 0. The Morgan fingerprint density at radius 1 is 0.239 bits per heavy atom. The molecule has 0 saturated carbocycles. The van der Waals surface area contributed by atoms with E-state index in [-0.39, 0.29) is 50.3 Å². The summed E-state index contributed by atoms with van der Waals surface area (Å²) >= 11 is 0. The van der Waals surface area contributed by atoms with E-state index in [1.54, 1.807) is 0 Å². The number of aliphatic hydroxyl groups excluding tert-OH is 2. The van der Waals surface area contributed by atoms with E-state index in [0.717, 1.165) is 70.6 Å². The number of carbonyl (C=O) groups is 4. The summed E-state index contributed by atoms with van der Waals surface area (Å²) in [6.45, 7) is 8.50. The molecule has 0 aliphatic carbocycles. The average molecular weight is 1250 g/mol. The Balaban J connectivity index is 0. The zero-order valence-corrected chi connectivity index (χ0v) is 59.4. The van der Waals surface area contributed by atoms with Gasteiger partial charge in [0.15, 0.2) is 6.10 Å². The summed E-state index contributed by atoms with van der Waals surface area (Å²) in [5.41, 5.74) is 0. The van der Waals surface area contributed by atoms with E-state index in [0.29, 0.717) is 25.7 Å². The van der Waals surface area contributed by atoms with E-state index in [1.807, 2.05) is 0 Å². The molecule has 0 fully saturated rings. The van der Waals surface area contributed by atoms with Gasteiger partial charge in [-0.25, -0.2) is 0 Å². The van der Waals surface area contributed by atoms with E-state index in [4.69, 9.17) is 29.2 Å². The molecular weight excluding hydrogens is 1100 g/mol. The predicted octanol–water partition coefficient (Wildman–Crippen LogP) is 23.9. The maximum Gasteiger partial charge on any atom is 0.306 e. The number of rotatable bonds is 72. The SMILES string of the molecule is CCCCCCCCCCCCCCCCCC(=O)OCC(COC(=O)CCCCCCCCCCCCCCCCC)OC(=O)CCCCCCCCCCCCCCCCC.CCCCCCCCCCCCCCCCCC(=O)OCC(O)CO. The topological polar surface area (TPSA) is 146 Å². The Labute approximate surface area is 547 Å². The first-order valence-electron chi connectivity index (χ1n) is 39.2. The van der Waals surface area contributed by atoms with Crippen LogP contribution < -0.4 is 0 Å². The summed E-state index contributed by atoms with van der Waals surface area (Å²) in [6, 6.07) is 0. The molecule has 0 aromatic carbocycles. The first-order chi connectivity index (χ1) is 43.2. The minimum absolute atomic E-state index is 0.0611. The van der Waals surface area contributed by atoms with Gasteiger partial charge in [-0.2, -0.15) is 0 Å². The Hall–Kier alpha value is -2.20. The van der Waals surface area contributed by atoms with E-state index in [9.17, 15) is 19.2 Å². The van der Waals surface area contributed by atoms with Crippen LogP contribution in [-0.2, 0) is 38.1 Å².